The van der Waals surface area contributed by atoms with E-state index in [9.17, 15) is 18.3 Å². The summed E-state index contributed by atoms with van der Waals surface area (Å²) in [5.74, 6) is -0.165. The molecule has 1 aromatic rings. The largest absolute Gasteiger partial charge is 0.465 e. The summed E-state index contributed by atoms with van der Waals surface area (Å²) in [4.78, 5) is 12.6. The van der Waals surface area contributed by atoms with Crippen LogP contribution in [0.4, 0.5) is 10.5 Å². The average molecular weight is 331 g/mol. The van der Waals surface area contributed by atoms with Crippen molar-refractivity contribution in [1.82, 2.24) is 4.90 Å². The van der Waals surface area contributed by atoms with E-state index in [0.29, 0.717) is 30.2 Å². The molecule has 3 rings (SSSR count). The van der Waals surface area contributed by atoms with E-state index in [1.165, 1.54) is 9.21 Å². The molecule has 2 aliphatic heterocycles. The topological polar surface area (TPSA) is 77.9 Å². The number of benzene rings is 1. The molecule has 0 unspecified atom stereocenters. The highest BCUT2D eigenvalue weighted by atomic mass is 35.5. The minimum Gasteiger partial charge on any atom is -0.465 e. The maximum atomic E-state index is 12.0. The van der Waals surface area contributed by atoms with Gasteiger partial charge >= 0.3 is 6.09 Å². The molecule has 2 aliphatic rings. The SMILES string of the molecule is CS(=O)(=O)N1C[C@@H]2CN(C(=O)O)CCc3ccc(Cl)c1c32. The molecule has 1 atom stereocenters. The molecular weight excluding hydrogens is 316 g/mol. The molecule has 1 amide bonds. The Morgan fingerprint density at radius 1 is 1.38 bits per heavy atom. The van der Waals surface area contributed by atoms with Gasteiger partial charge in [-0.15, -0.1) is 0 Å². The highest BCUT2D eigenvalue weighted by molar-refractivity contribution is 7.92. The summed E-state index contributed by atoms with van der Waals surface area (Å²) in [6, 6.07) is 3.55. The Hall–Kier alpha value is -1.47. The van der Waals surface area contributed by atoms with Crippen molar-refractivity contribution in [3.63, 3.8) is 0 Å². The van der Waals surface area contributed by atoms with E-state index in [4.69, 9.17) is 11.6 Å². The zero-order valence-electron chi connectivity index (χ0n) is 11.4. The first-order valence-electron chi connectivity index (χ1n) is 6.56. The Balaban J connectivity index is 2.14. The molecule has 0 aromatic heterocycles. The van der Waals surface area contributed by atoms with Crippen LogP contribution in [0.5, 0.6) is 0 Å². The fraction of sp³-hybridized carbons (Fsp3) is 0.462. The summed E-state index contributed by atoms with van der Waals surface area (Å²) in [5.41, 5.74) is 2.39. The second-order valence-electron chi connectivity index (χ2n) is 5.44. The van der Waals surface area contributed by atoms with Gasteiger partial charge in [0.1, 0.15) is 0 Å². The van der Waals surface area contributed by atoms with Crippen LogP contribution in [-0.2, 0) is 16.4 Å². The smallest absolute Gasteiger partial charge is 0.407 e. The molecule has 2 heterocycles. The molecule has 0 radical (unpaired) electrons. The van der Waals surface area contributed by atoms with Gasteiger partial charge in [0.05, 0.1) is 17.0 Å². The van der Waals surface area contributed by atoms with Crippen LogP contribution in [0.15, 0.2) is 12.1 Å². The standard InChI is InChI=1S/C13H15ClN2O4S/c1-21(19,20)16-7-9-6-15(13(17)18)5-4-8-2-3-10(14)12(16)11(8)9/h2-3,9H,4-7H2,1H3,(H,17,18)/t9-/m0/s1. The van der Waals surface area contributed by atoms with E-state index in [-0.39, 0.29) is 12.5 Å². The molecule has 114 valence electrons. The van der Waals surface area contributed by atoms with Gasteiger partial charge in [-0.3, -0.25) is 4.31 Å². The number of rotatable bonds is 1. The normalized spacial score (nSPS) is 21.1. The molecule has 0 saturated heterocycles. The first kappa shape index (κ1) is 14.5. The Kier molecular flexibility index (Phi) is 3.29. The van der Waals surface area contributed by atoms with E-state index in [1.54, 1.807) is 6.07 Å². The van der Waals surface area contributed by atoms with Gasteiger partial charge in [0.15, 0.2) is 0 Å². The van der Waals surface area contributed by atoms with Gasteiger partial charge in [0.2, 0.25) is 10.0 Å². The van der Waals surface area contributed by atoms with Crippen molar-refractivity contribution in [3.05, 3.63) is 28.3 Å². The lowest BCUT2D eigenvalue weighted by Gasteiger charge is -2.22. The Morgan fingerprint density at radius 2 is 2.10 bits per heavy atom. The minimum absolute atomic E-state index is 0.165. The maximum absolute atomic E-state index is 12.0. The van der Waals surface area contributed by atoms with Crippen LogP contribution in [0.1, 0.15) is 17.0 Å². The quantitative estimate of drug-likeness (QED) is 0.850. The van der Waals surface area contributed by atoms with E-state index in [2.05, 4.69) is 0 Å². The lowest BCUT2D eigenvalue weighted by Crippen LogP contribution is -2.36. The van der Waals surface area contributed by atoms with Crippen molar-refractivity contribution in [1.29, 1.82) is 0 Å². The van der Waals surface area contributed by atoms with E-state index in [1.807, 2.05) is 6.07 Å². The average Bonchev–Trinajstić information content (AvgIpc) is 2.67. The zero-order chi connectivity index (χ0) is 15.4. The molecule has 8 heteroatoms. The van der Waals surface area contributed by atoms with Crippen LogP contribution < -0.4 is 4.31 Å². The highest BCUT2D eigenvalue weighted by Gasteiger charge is 2.39. The Morgan fingerprint density at radius 3 is 2.71 bits per heavy atom. The number of nitrogens with zero attached hydrogens (tertiary/aromatic N) is 2. The zero-order valence-corrected chi connectivity index (χ0v) is 13.0. The maximum Gasteiger partial charge on any atom is 0.407 e. The molecule has 6 nitrogen and oxygen atoms in total. The van der Waals surface area contributed by atoms with Crippen LogP contribution in [0.25, 0.3) is 0 Å². The molecule has 0 spiro atoms. The first-order chi connectivity index (χ1) is 9.79. The number of amides is 1. The lowest BCUT2D eigenvalue weighted by atomic mass is 9.95. The molecule has 0 fully saturated rings. The number of hydrogen-bond donors (Lipinski definition) is 1. The van der Waals surface area contributed by atoms with Crippen LogP contribution in [0, 0.1) is 0 Å². The van der Waals surface area contributed by atoms with Crippen molar-refractivity contribution in [3.8, 4) is 0 Å². The number of sulfonamides is 1. The number of carbonyl (C=O) groups is 1. The second-order valence-corrected chi connectivity index (χ2v) is 7.75. The minimum atomic E-state index is -3.44. The van der Waals surface area contributed by atoms with E-state index < -0.39 is 16.1 Å². The monoisotopic (exact) mass is 330 g/mol. The summed E-state index contributed by atoms with van der Waals surface area (Å²) in [7, 11) is -3.44. The van der Waals surface area contributed by atoms with E-state index >= 15 is 0 Å². The number of carboxylic acid groups (broad SMARTS) is 1. The van der Waals surface area contributed by atoms with Crippen LogP contribution in [0.2, 0.25) is 5.02 Å². The number of halogens is 1. The second kappa shape index (κ2) is 4.78. The summed E-state index contributed by atoms with van der Waals surface area (Å²) in [6.07, 6.45) is 0.733. The van der Waals surface area contributed by atoms with Gasteiger partial charge in [0, 0.05) is 25.6 Å². The summed E-state index contributed by atoms with van der Waals surface area (Å²) < 4.78 is 25.3. The number of hydrogen-bond acceptors (Lipinski definition) is 3. The molecule has 1 N–H and O–H groups in total. The fourth-order valence-corrected chi connectivity index (χ4v) is 4.47. The van der Waals surface area contributed by atoms with Gasteiger partial charge in [-0.05, 0) is 23.6 Å². The third-order valence-electron chi connectivity index (χ3n) is 4.06. The third kappa shape index (κ3) is 2.34. The molecule has 1 aromatic carbocycles. The van der Waals surface area contributed by atoms with Gasteiger partial charge in [0.25, 0.3) is 0 Å². The predicted octanol–water partition coefficient (Wildman–Crippen LogP) is 1.74. The van der Waals surface area contributed by atoms with Crippen molar-refractivity contribution < 1.29 is 18.3 Å². The van der Waals surface area contributed by atoms with Crippen molar-refractivity contribution >= 4 is 33.4 Å². The Labute approximate surface area is 128 Å². The highest BCUT2D eigenvalue weighted by Crippen LogP contribution is 2.45. The predicted molar refractivity (Wildman–Crippen MR) is 79.7 cm³/mol. The summed E-state index contributed by atoms with van der Waals surface area (Å²) >= 11 is 6.20. The van der Waals surface area contributed by atoms with Gasteiger partial charge in [-0.25, -0.2) is 13.2 Å². The van der Waals surface area contributed by atoms with Crippen molar-refractivity contribution in [2.24, 2.45) is 0 Å². The van der Waals surface area contributed by atoms with Crippen molar-refractivity contribution in [2.75, 3.05) is 30.2 Å². The molecular formula is C13H15ClN2O4S. The molecule has 0 bridgehead atoms. The van der Waals surface area contributed by atoms with Crippen molar-refractivity contribution in [2.45, 2.75) is 12.3 Å². The molecule has 21 heavy (non-hydrogen) atoms. The van der Waals surface area contributed by atoms with Gasteiger partial charge in [-0.2, -0.15) is 0 Å². The molecule has 0 aliphatic carbocycles. The van der Waals surface area contributed by atoms with Crippen LogP contribution in [0.3, 0.4) is 0 Å². The summed E-state index contributed by atoms with van der Waals surface area (Å²) in [5, 5.41) is 9.61. The summed E-state index contributed by atoms with van der Waals surface area (Å²) in [6.45, 7) is 0.954. The molecule has 0 saturated carbocycles. The van der Waals surface area contributed by atoms with Crippen LogP contribution in [-0.4, -0.2) is 50.4 Å². The third-order valence-corrected chi connectivity index (χ3v) is 5.50. The van der Waals surface area contributed by atoms with E-state index in [0.717, 1.165) is 17.4 Å². The van der Waals surface area contributed by atoms with Gasteiger partial charge in [-0.1, -0.05) is 17.7 Å². The number of anilines is 1. The Bertz CT molecular complexity index is 719. The van der Waals surface area contributed by atoms with Gasteiger partial charge < -0.3 is 10.0 Å². The van der Waals surface area contributed by atoms with Crippen LogP contribution >= 0.6 is 11.6 Å². The lowest BCUT2D eigenvalue weighted by molar-refractivity contribution is 0.144. The first-order valence-corrected chi connectivity index (χ1v) is 8.78. The fourth-order valence-electron chi connectivity index (χ4n) is 3.17.